The molecule has 3 nitrogen and oxygen atoms in total. The Labute approximate surface area is 134 Å². The molecule has 0 radical (unpaired) electrons. The summed E-state index contributed by atoms with van der Waals surface area (Å²) in [6.45, 7) is 6.97. The van der Waals surface area contributed by atoms with Gasteiger partial charge in [0.05, 0.1) is 11.7 Å². The standard InChI is InChI=1S/C19H27N3/c1-14-6-5-11-21(14)19-12-15(2)22(20-13-16-9-10-16)18-8-4-3-7-17(18)19/h3-4,7-8,12,14-16,20H,5-6,9-11,13H2,1-2H3. The van der Waals surface area contributed by atoms with Crippen LogP contribution in [0.15, 0.2) is 30.3 Å². The summed E-state index contributed by atoms with van der Waals surface area (Å²) in [4.78, 5) is 2.60. The largest absolute Gasteiger partial charge is 0.368 e. The molecule has 3 heteroatoms. The fourth-order valence-corrected chi connectivity index (χ4v) is 3.83. The number of nitrogens with one attached hydrogen (secondary N) is 1. The van der Waals surface area contributed by atoms with Crippen LogP contribution in [0.5, 0.6) is 0 Å². The Morgan fingerprint density at radius 1 is 1.14 bits per heavy atom. The van der Waals surface area contributed by atoms with E-state index >= 15 is 0 Å². The number of anilines is 1. The molecule has 0 bridgehead atoms. The number of benzene rings is 1. The molecule has 0 aromatic heterocycles. The molecule has 1 aliphatic carbocycles. The van der Waals surface area contributed by atoms with E-state index in [-0.39, 0.29) is 0 Å². The molecule has 2 unspecified atom stereocenters. The van der Waals surface area contributed by atoms with Crippen LogP contribution in [0.25, 0.3) is 5.70 Å². The summed E-state index contributed by atoms with van der Waals surface area (Å²) in [6.07, 6.45) is 7.87. The average Bonchev–Trinajstić information content (AvgIpc) is 3.26. The summed E-state index contributed by atoms with van der Waals surface area (Å²) < 4.78 is 0. The minimum absolute atomic E-state index is 0.399. The minimum Gasteiger partial charge on any atom is -0.368 e. The van der Waals surface area contributed by atoms with E-state index in [1.54, 1.807) is 0 Å². The van der Waals surface area contributed by atoms with Crippen molar-refractivity contribution in [2.24, 2.45) is 5.92 Å². The van der Waals surface area contributed by atoms with E-state index in [0.29, 0.717) is 12.1 Å². The molecule has 1 saturated carbocycles. The first kappa shape index (κ1) is 14.1. The maximum Gasteiger partial charge on any atom is 0.0630 e. The van der Waals surface area contributed by atoms with Crippen molar-refractivity contribution in [3.05, 3.63) is 35.9 Å². The quantitative estimate of drug-likeness (QED) is 0.915. The smallest absolute Gasteiger partial charge is 0.0630 e. The van der Waals surface area contributed by atoms with Gasteiger partial charge in [-0.25, -0.2) is 5.43 Å². The highest BCUT2D eigenvalue weighted by atomic mass is 15.5. The van der Waals surface area contributed by atoms with Crippen molar-refractivity contribution < 1.29 is 0 Å². The Kier molecular flexibility index (Phi) is 3.61. The Morgan fingerprint density at radius 2 is 1.95 bits per heavy atom. The molecule has 4 rings (SSSR count). The molecule has 0 amide bonds. The van der Waals surface area contributed by atoms with Gasteiger partial charge in [0.25, 0.3) is 0 Å². The molecule has 3 aliphatic rings. The lowest BCUT2D eigenvalue weighted by atomic mass is 10.0. The molecule has 22 heavy (non-hydrogen) atoms. The molecule has 1 aromatic rings. The molecule has 2 heterocycles. The van der Waals surface area contributed by atoms with Crippen LogP contribution in [0.1, 0.15) is 45.1 Å². The Hall–Kier alpha value is -1.48. The summed E-state index contributed by atoms with van der Waals surface area (Å²) in [7, 11) is 0. The van der Waals surface area contributed by atoms with Gasteiger partial charge in [-0.1, -0.05) is 18.2 Å². The van der Waals surface area contributed by atoms with Gasteiger partial charge >= 0.3 is 0 Å². The molecular formula is C19H27N3. The van der Waals surface area contributed by atoms with Crippen LogP contribution in [-0.4, -0.2) is 30.1 Å². The van der Waals surface area contributed by atoms with Crippen LogP contribution in [-0.2, 0) is 0 Å². The second kappa shape index (κ2) is 5.62. The molecule has 1 aromatic carbocycles. The summed E-state index contributed by atoms with van der Waals surface area (Å²) in [5.74, 6) is 0.892. The topological polar surface area (TPSA) is 18.5 Å². The average molecular weight is 297 g/mol. The van der Waals surface area contributed by atoms with Crippen molar-refractivity contribution in [3.63, 3.8) is 0 Å². The Morgan fingerprint density at radius 3 is 2.68 bits per heavy atom. The van der Waals surface area contributed by atoms with Gasteiger partial charge in [0.15, 0.2) is 0 Å². The number of hydrogen-bond acceptors (Lipinski definition) is 3. The summed E-state index contributed by atoms with van der Waals surface area (Å²) >= 11 is 0. The summed E-state index contributed by atoms with van der Waals surface area (Å²) in [5.41, 5.74) is 7.85. The number of para-hydroxylation sites is 1. The lowest BCUT2D eigenvalue weighted by Crippen LogP contribution is -2.47. The van der Waals surface area contributed by atoms with E-state index in [4.69, 9.17) is 0 Å². The number of likely N-dealkylation sites (tertiary alicyclic amines) is 1. The number of hydrazine groups is 1. The lowest BCUT2D eigenvalue weighted by molar-refractivity contribution is 0.389. The van der Waals surface area contributed by atoms with Crippen molar-refractivity contribution in [2.75, 3.05) is 18.1 Å². The normalized spacial score (nSPS) is 27.8. The monoisotopic (exact) mass is 297 g/mol. The fraction of sp³-hybridized carbons (Fsp3) is 0.579. The van der Waals surface area contributed by atoms with Crippen molar-refractivity contribution in [1.82, 2.24) is 10.3 Å². The summed E-state index contributed by atoms with van der Waals surface area (Å²) in [5, 5.41) is 2.37. The van der Waals surface area contributed by atoms with E-state index < -0.39 is 0 Å². The first-order valence-electron chi connectivity index (χ1n) is 8.84. The fourth-order valence-electron chi connectivity index (χ4n) is 3.83. The van der Waals surface area contributed by atoms with Crippen molar-refractivity contribution in [2.45, 2.75) is 51.6 Å². The SMILES string of the molecule is CC1CCCN1C1=CC(C)N(NCC2CC2)c2ccccc21. The zero-order valence-electron chi connectivity index (χ0n) is 13.8. The molecular weight excluding hydrogens is 270 g/mol. The second-order valence-corrected chi connectivity index (χ2v) is 7.17. The molecule has 118 valence electrons. The van der Waals surface area contributed by atoms with Gasteiger partial charge in [0, 0.05) is 30.4 Å². The predicted molar refractivity (Wildman–Crippen MR) is 92.5 cm³/mol. The van der Waals surface area contributed by atoms with Gasteiger partial charge in [-0.2, -0.15) is 0 Å². The molecule has 1 saturated heterocycles. The minimum atomic E-state index is 0.399. The van der Waals surface area contributed by atoms with Gasteiger partial charge in [-0.05, 0) is 57.6 Å². The number of hydrogen-bond donors (Lipinski definition) is 1. The Bertz CT molecular complexity index is 576. The van der Waals surface area contributed by atoms with Gasteiger partial charge in [0.2, 0.25) is 0 Å². The van der Waals surface area contributed by atoms with Crippen molar-refractivity contribution in [1.29, 1.82) is 0 Å². The highest BCUT2D eigenvalue weighted by Crippen LogP contribution is 2.38. The second-order valence-electron chi connectivity index (χ2n) is 7.17. The van der Waals surface area contributed by atoms with Crippen LogP contribution in [0.2, 0.25) is 0 Å². The third-order valence-corrected chi connectivity index (χ3v) is 5.36. The number of nitrogens with zero attached hydrogens (tertiary/aromatic N) is 2. The molecule has 2 fully saturated rings. The van der Waals surface area contributed by atoms with Crippen LogP contribution in [0.3, 0.4) is 0 Å². The Balaban J connectivity index is 1.65. The molecule has 0 spiro atoms. The molecule has 2 aliphatic heterocycles. The van der Waals surface area contributed by atoms with Gasteiger partial charge in [-0.15, -0.1) is 0 Å². The predicted octanol–water partition coefficient (Wildman–Crippen LogP) is 3.63. The highest BCUT2D eigenvalue weighted by Gasteiger charge is 2.31. The van der Waals surface area contributed by atoms with Crippen molar-refractivity contribution in [3.8, 4) is 0 Å². The highest BCUT2D eigenvalue weighted by molar-refractivity contribution is 5.80. The lowest BCUT2D eigenvalue weighted by Gasteiger charge is -2.39. The maximum absolute atomic E-state index is 3.68. The maximum atomic E-state index is 3.68. The molecule has 1 N–H and O–H groups in total. The van der Waals surface area contributed by atoms with E-state index in [1.807, 2.05) is 0 Å². The van der Waals surface area contributed by atoms with E-state index in [1.165, 1.54) is 49.2 Å². The van der Waals surface area contributed by atoms with Crippen LogP contribution in [0.4, 0.5) is 5.69 Å². The van der Waals surface area contributed by atoms with Crippen LogP contribution >= 0.6 is 0 Å². The van der Waals surface area contributed by atoms with Crippen LogP contribution < -0.4 is 10.4 Å². The van der Waals surface area contributed by atoms with Crippen LogP contribution in [0, 0.1) is 5.92 Å². The third-order valence-electron chi connectivity index (χ3n) is 5.36. The number of fused-ring (bicyclic) bond motifs is 1. The zero-order chi connectivity index (χ0) is 15.1. The zero-order valence-corrected chi connectivity index (χ0v) is 13.8. The van der Waals surface area contributed by atoms with Gasteiger partial charge in [-0.3, -0.25) is 0 Å². The van der Waals surface area contributed by atoms with E-state index in [2.05, 4.69) is 59.5 Å². The number of rotatable bonds is 4. The van der Waals surface area contributed by atoms with Gasteiger partial charge < -0.3 is 9.91 Å². The van der Waals surface area contributed by atoms with Gasteiger partial charge in [0.1, 0.15) is 0 Å². The first-order valence-corrected chi connectivity index (χ1v) is 8.84. The van der Waals surface area contributed by atoms with E-state index in [9.17, 15) is 0 Å². The first-order chi connectivity index (χ1) is 10.7. The summed E-state index contributed by atoms with van der Waals surface area (Å²) in [6, 6.07) is 9.94. The molecule has 2 atom stereocenters. The third kappa shape index (κ3) is 2.52. The van der Waals surface area contributed by atoms with Crippen molar-refractivity contribution >= 4 is 11.4 Å². The van der Waals surface area contributed by atoms with E-state index in [0.717, 1.165) is 12.5 Å².